The zero-order valence-corrected chi connectivity index (χ0v) is 18.8. The predicted molar refractivity (Wildman–Crippen MR) is 107 cm³/mol. The number of amides is 1. The van der Waals surface area contributed by atoms with Crippen LogP contribution in [0.5, 0.6) is 0 Å². The van der Waals surface area contributed by atoms with Gasteiger partial charge in [0, 0.05) is 5.92 Å². The highest BCUT2D eigenvalue weighted by molar-refractivity contribution is 6.74. The third-order valence-electron chi connectivity index (χ3n) is 5.60. The number of nitrogens with zero attached hydrogens (tertiary/aromatic N) is 1. The van der Waals surface area contributed by atoms with E-state index in [9.17, 15) is 4.79 Å². The van der Waals surface area contributed by atoms with Gasteiger partial charge >= 0.3 is 6.09 Å². The largest absolute Gasteiger partial charge is 0.444 e. The van der Waals surface area contributed by atoms with Crippen molar-refractivity contribution < 1.29 is 18.7 Å². The van der Waals surface area contributed by atoms with Gasteiger partial charge in [0.25, 0.3) is 0 Å². The zero-order chi connectivity index (χ0) is 19.8. The number of likely N-dealkylation sites (tertiary alicyclic amines) is 1. The van der Waals surface area contributed by atoms with E-state index in [4.69, 9.17) is 13.9 Å². The summed E-state index contributed by atoms with van der Waals surface area (Å²) in [6.45, 7) is 19.6. The summed E-state index contributed by atoms with van der Waals surface area (Å²) in [6, 6.07) is 0. The minimum absolute atomic E-state index is 0.174. The Morgan fingerprint density at radius 1 is 1.23 bits per heavy atom. The summed E-state index contributed by atoms with van der Waals surface area (Å²) in [7, 11) is -1.69. The Morgan fingerprint density at radius 2 is 1.85 bits per heavy atom. The van der Waals surface area contributed by atoms with Crippen LogP contribution in [0.3, 0.4) is 0 Å². The number of carbonyl (C=O) groups is 1. The molecule has 1 unspecified atom stereocenters. The van der Waals surface area contributed by atoms with Crippen molar-refractivity contribution in [2.24, 2.45) is 5.92 Å². The molecule has 2 aliphatic rings. The molecule has 5 nitrogen and oxygen atoms in total. The molecule has 2 aliphatic heterocycles. The van der Waals surface area contributed by atoms with Gasteiger partial charge in [-0.15, -0.1) is 0 Å². The smallest absolute Gasteiger partial charge is 0.410 e. The summed E-state index contributed by atoms with van der Waals surface area (Å²) < 4.78 is 17.6. The van der Waals surface area contributed by atoms with Crippen molar-refractivity contribution in [3.05, 3.63) is 12.2 Å². The maximum Gasteiger partial charge on any atom is 0.410 e. The third-order valence-corrected chi connectivity index (χ3v) is 10.1. The van der Waals surface area contributed by atoms with Gasteiger partial charge in [-0.25, -0.2) is 4.79 Å². The second-order valence-electron chi connectivity index (χ2n) is 10.3. The van der Waals surface area contributed by atoms with E-state index in [-0.39, 0.29) is 16.7 Å². The van der Waals surface area contributed by atoms with Crippen molar-refractivity contribution in [3.8, 4) is 0 Å². The Bertz CT molecular complexity index is 539. The van der Waals surface area contributed by atoms with E-state index in [2.05, 4.69) is 46.0 Å². The van der Waals surface area contributed by atoms with Gasteiger partial charge in [0.1, 0.15) is 11.2 Å². The zero-order valence-electron chi connectivity index (χ0n) is 17.8. The molecule has 0 saturated carbocycles. The topological polar surface area (TPSA) is 48.0 Å². The molecule has 0 N–H and O–H groups in total. The SMILES string of the molecule is CC(C)(C)OC(=O)N1CC2(CC(/C=C/CO[Si](C)(C)C(C)(C)C)CO2)C1. The highest BCUT2D eigenvalue weighted by atomic mass is 28.4. The van der Waals surface area contributed by atoms with Gasteiger partial charge in [0.05, 0.1) is 26.3 Å². The van der Waals surface area contributed by atoms with Crippen LogP contribution < -0.4 is 0 Å². The predicted octanol–water partition coefficient (Wildman–Crippen LogP) is 4.59. The van der Waals surface area contributed by atoms with Crippen molar-refractivity contribution in [1.29, 1.82) is 0 Å². The molecule has 1 amide bonds. The van der Waals surface area contributed by atoms with E-state index in [0.29, 0.717) is 25.6 Å². The summed E-state index contributed by atoms with van der Waals surface area (Å²) in [5.41, 5.74) is -0.627. The number of rotatable bonds is 4. The van der Waals surface area contributed by atoms with Crippen molar-refractivity contribution in [3.63, 3.8) is 0 Å². The quantitative estimate of drug-likeness (QED) is 0.526. The highest BCUT2D eigenvalue weighted by Gasteiger charge is 2.51. The number of ether oxygens (including phenoxy) is 2. The van der Waals surface area contributed by atoms with Crippen molar-refractivity contribution in [2.45, 2.75) is 77.3 Å². The fourth-order valence-electron chi connectivity index (χ4n) is 3.05. The highest BCUT2D eigenvalue weighted by Crippen LogP contribution is 2.39. The molecule has 0 aromatic carbocycles. The van der Waals surface area contributed by atoms with Crippen LogP contribution in [-0.4, -0.2) is 56.8 Å². The van der Waals surface area contributed by atoms with Gasteiger partial charge in [-0.1, -0.05) is 32.9 Å². The van der Waals surface area contributed by atoms with Crippen LogP contribution >= 0.6 is 0 Å². The molecule has 0 radical (unpaired) electrons. The second kappa shape index (κ2) is 7.28. The fourth-order valence-corrected chi connectivity index (χ4v) is 4.00. The van der Waals surface area contributed by atoms with E-state index in [1.165, 1.54) is 0 Å². The number of carbonyl (C=O) groups excluding carboxylic acids is 1. The van der Waals surface area contributed by atoms with Gasteiger partial charge in [0.15, 0.2) is 8.32 Å². The lowest BCUT2D eigenvalue weighted by atomic mass is 9.87. The first-order valence-electron chi connectivity index (χ1n) is 9.66. The molecular weight excluding hydrogens is 346 g/mol. The minimum atomic E-state index is -1.69. The number of hydrogen-bond donors (Lipinski definition) is 0. The van der Waals surface area contributed by atoms with Crippen LogP contribution in [0.4, 0.5) is 4.79 Å². The molecule has 6 heteroatoms. The second-order valence-corrected chi connectivity index (χ2v) is 15.1. The average Bonchev–Trinajstić information content (AvgIpc) is 2.83. The summed E-state index contributed by atoms with van der Waals surface area (Å²) in [4.78, 5) is 13.8. The Morgan fingerprint density at radius 3 is 2.38 bits per heavy atom. The summed E-state index contributed by atoms with van der Waals surface area (Å²) in [6.07, 6.45) is 5.08. The lowest BCUT2D eigenvalue weighted by molar-refractivity contribution is -0.109. The molecule has 2 fully saturated rings. The average molecular weight is 384 g/mol. The Labute approximate surface area is 160 Å². The first kappa shape index (κ1) is 21.4. The van der Waals surface area contributed by atoms with Crippen LogP contribution in [0, 0.1) is 5.92 Å². The third kappa shape index (κ3) is 5.33. The monoisotopic (exact) mass is 383 g/mol. The van der Waals surface area contributed by atoms with Gasteiger partial charge < -0.3 is 18.8 Å². The summed E-state index contributed by atoms with van der Waals surface area (Å²) in [5, 5.41) is 0.235. The van der Waals surface area contributed by atoms with Crippen LogP contribution in [0.15, 0.2) is 12.2 Å². The molecule has 2 rings (SSSR count). The maximum atomic E-state index is 12.1. The van der Waals surface area contributed by atoms with Crippen LogP contribution in [0.2, 0.25) is 18.1 Å². The standard InChI is InChI=1S/C20H37NO4Si/c1-18(2,3)25-17(22)21-14-20(15-21)12-16(13-23-20)10-9-11-24-26(7,8)19(4,5)6/h9-10,16H,11-15H2,1-8H3/b10-9+. The first-order valence-corrected chi connectivity index (χ1v) is 12.6. The first-order chi connectivity index (χ1) is 11.7. The van der Waals surface area contributed by atoms with Gasteiger partial charge in [-0.2, -0.15) is 0 Å². The lowest BCUT2D eigenvalue weighted by Gasteiger charge is -2.46. The van der Waals surface area contributed by atoms with E-state index in [1.54, 1.807) is 4.90 Å². The molecule has 0 bridgehead atoms. The lowest BCUT2D eigenvalue weighted by Crippen LogP contribution is -2.63. The Hall–Kier alpha value is -0.853. The molecule has 1 atom stereocenters. The molecule has 26 heavy (non-hydrogen) atoms. The van der Waals surface area contributed by atoms with E-state index < -0.39 is 13.9 Å². The molecule has 0 aromatic rings. The van der Waals surface area contributed by atoms with Gasteiger partial charge in [0.2, 0.25) is 0 Å². The Balaban J connectivity index is 1.74. The molecule has 150 valence electrons. The fraction of sp³-hybridized carbons (Fsp3) is 0.850. The molecule has 2 saturated heterocycles. The van der Waals surface area contributed by atoms with E-state index in [0.717, 1.165) is 13.0 Å². The maximum absolute atomic E-state index is 12.1. The Kier molecular flexibility index (Phi) is 6.01. The normalized spacial score (nSPS) is 23.5. The van der Waals surface area contributed by atoms with Crippen molar-refractivity contribution in [2.75, 3.05) is 26.3 Å². The number of hydrogen-bond acceptors (Lipinski definition) is 4. The van der Waals surface area contributed by atoms with Gasteiger partial charge in [-0.05, 0) is 45.3 Å². The van der Waals surface area contributed by atoms with Gasteiger partial charge in [-0.3, -0.25) is 0 Å². The summed E-state index contributed by atoms with van der Waals surface area (Å²) >= 11 is 0. The molecule has 0 aromatic heterocycles. The molecule has 2 heterocycles. The molecular formula is C20H37NO4Si. The van der Waals surface area contributed by atoms with Crippen LogP contribution in [0.25, 0.3) is 0 Å². The van der Waals surface area contributed by atoms with Crippen molar-refractivity contribution >= 4 is 14.4 Å². The molecule has 1 spiro atoms. The van der Waals surface area contributed by atoms with Crippen LogP contribution in [-0.2, 0) is 13.9 Å². The van der Waals surface area contributed by atoms with Crippen LogP contribution in [0.1, 0.15) is 48.0 Å². The minimum Gasteiger partial charge on any atom is -0.444 e. The van der Waals surface area contributed by atoms with Crippen molar-refractivity contribution in [1.82, 2.24) is 4.90 Å². The summed E-state index contributed by atoms with van der Waals surface area (Å²) in [5.74, 6) is 0.402. The molecule has 0 aliphatic carbocycles. The van der Waals surface area contributed by atoms with E-state index in [1.807, 2.05) is 20.8 Å². The van der Waals surface area contributed by atoms with E-state index >= 15 is 0 Å².